The molecule has 0 aliphatic heterocycles. The van der Waals surface area contributed by atoms with E-state index in [4.69, 9.17) is 21.7 Å². The summed E-state index contributed by atoms with van der Waals surface area (Å²) in [5.41, 5.74) is 1.51. The number of para-hydroxylation sites is 1. The van der Waals surface area contributed by atoms with Gasteiger partial charge in [-0.1, -0.05) is 25.1 Å². The third-order valence-corrected chi connectivity index (χ3v) is 4.30. The van der Waals surface area contributed by atoms with E-state index in [-0.39, 0.29) is 12.5 Å². The highest BCUT2D eigenvalue weighted by molar-refractivity contribution is 7.71. The molecular formula is C21H23N5O3S. The van der Waals surface area contributed by atoms with Gasteiger partial charge in [-0.3, -0.25) is 9.89 Å². The van der Waals surface area contributed by atoms with E-state index in [1.807, 2.05) is 50.2 Å². The lowest BCUT2D eigenvalue weighted by atomic mass is 10.2. The molecule has 156 valence electrons. The van der Waals surface area contributed by atoms with Crippen LogP contribution in [0.25, 0.3) is 0 Å². The molecule has 3 aromatic rings. The van der Waals surface area contributed by atoms with Crippen molar-refractivity contribution in [3.63, 3.8) is 0 Å². The van der Waals surface area contributed by atoms with Crippen LogP contribution in [0, 0.1) is 4.77 Å². The van der Waals surface area contributed by atoms with E-state index in [2.05, 4.69) is 20.6 Å². The molecule has 0 aliphatic rings. The zero-order valence-corrected chi connectivity index (χ0v) is 17.6. The van der Waals surface area contributed by atoms with Gasteiger partial charge in [-0.25, -0.2) is 0 Å². The molecule has 0 bridgehead atoms. The molecular weight excluding hydrogens is 402 g/mol. The van der Waals surface area contributed by atoms with Crippen molar-refractivity contribution >= 4 is 30.0 Å². The Balaban J connectivity index is 1.70. The number of aromatic nitrogens is 3. The standard InChI is InChI=1S/C21H23N5O3S/c1-3-19-24-25-21(30)26(19)22-13-15-10-11-17(18(12-15)28-4-2)29-14-20(27)23-16-8-6-5-7-9-16/h5-13H,3-4,14H2,1-2H3,(H,23,27)(H,25,30)/b22-13-. The lowest BCUT2D eigenvalue weighted by Crippen LogP contribution is -2.20. The van der Waals surface area contributed by atoms with Crippen LogP contribution in [0.5, 0.6) is 11.5 Å². The number of rotatable bonds is 9. The number of nitrogens with zero attached hydrogens (tertiary/aromatic N) is 3. The molecule has 30 heavy (non-hydrogen) atoms. The Morgan fingerprint density at radius 3 is 2.73 bits per heavy atom. The van der Waals surface area contributed by atoms with E-state index < -0.39 is 0 Å². The fourth-order valence-electron chi connectivity index (χ4n) is 2.65. The smallest absolute Gasteiger partial charge is 0.262 e. The summed E-state index contributed by atoms with van der Waals surface area (Å²) in [7, 11) is 0. The lowest BCUT2D eigenvalue weighted by Gasteiger charge is -2.12. The van der Waals surface area contributed by atoms with Gasteiger partial charge in [0.05, 0.1) is 12.8 Å². The van der Waals surface area contributed by atoms with Crippen molar-refractivity contribution in [2.75, 3.05) is 18.5 Å². The highest BCUT2D eigenvalue weighted by Gasteiger charge is 2.10. The molecule has 0 spiro atoms. The Hall–Kier alpha value is -3.46. The van der Waals surface area contributed by atoms with Crippen LogP contribution in [0.2, 0.25) is 0 Å². The van der Waals surface area contributed by atoms with E-state index in [0.29, 0.717) is 35.0 Å². The van der Waals surface area contributed by atoms with E-state index in [1.54, 1.807) is 23.0 Å². The summed E-state index contributed by atoms with van der Waals surface area (Å²) in [6, 6.07) is 14.6. The van der Waals surface area contributed by atoms with Crippen LogP contribution in [0.1, 0.15) is 25.2 Å². The first kappa shape index (κ1) is 21.3. The summed E-state index contributed by atoms with van der Waals surface area (Å²) < 4.78 is 13.3. The van der Waals surface area contributed by atoms with Gasteiger partial charge >= 0.3 is 0 Å². The van der Waals surface area contributed by atoms with Gasteiger partial charge in [0.2, 0.25) is 4.77 Å². The molecule has 9 heteroatoms. The molecule has 2 N–H and O–H groups in total. The number of anilines is 1. The van der Waals surface area contributed by atoms with Crippen LogP contribution in [0.4, 0.5) is 5.69 Å². The maximum absolute atomic E-state index is 12.1. The van der Waals surface area contributed by atoms with Crippen LogP contribution < -0.4 is 14.8 Å². The maximum Gasteiger partial charge on any atom is 0.262 e. The highest BCUT2D eigenvalue weighted by atomic mass is 32.1. The van der Waals surface area contributed by atoms with Gasteiger partial charge in [0.25, 0.3) is 5.91 Å². The van der Waals surface area contributed by atoms with Gasteiger partial charge < -0.3 is 14.8 Å². The number of ether oxygens (including phenoxy) is 2. The van der Waals surface area contributed by atoms with Crippen molar-refractivity contribution in [1.82, 2.24) is 14.9 Å². The summed E-state index contributed by atoms with van der Waals surface area (Å²) >= 11 is 5.20. The van der Waals surface area contributed by atoms with Crippen LogP contribution in [-0.4, -0.2) is 40.2 Å². The number of carbonyl (C=O) groups excluding carboxylic acids is 1. The Morgan fingerprint density at radius 1 is 1.20 bits per heavy atom. The average molecular weight is 426 g/mol. The van der Waals surface area contributed by atoms with Gasteiger partial charge in [-0.2, -0.15) is 14.9 Å². The Labute approximate surface area is 179 Å². The van der Waals surface area contributed by atoms with Crippen LogP contribution >= 0.6 is 12.2 Å². The predicted octanol–water partition coefficient (Wildman–Crippen LogP) is 3.80. The van der Waals surface area contributed by atoms with Gasteiger partial charge in [-0.05, 0) is 55.0 Å². The predicted molar refractivity (Wildman–Crippen MR) is 118 cm³/mol. The van der Waals surface area contributed by atoms with Crippen LogP contribution in [0.15, 0.2) is 53.6 Å². The summed E-state index contributed by atoms with van der Waals surface area (Å²) in [5, 5.41) is 14.0. The monoisotopic (exact) mass is 425 g/mol. The van der Waals surface area contributed by atoms with Gasteiger partial charge in [-0.15, -0.1) is 0 Å². The van der Waals surface area contributed by atoms with E-state index in [0.717, 1.165) is 11.4 Å². The summed E-state index contributed by atoms with van der Waals surface area (Å²) in [6.45, 7) is 4.18. The van der Waals surface area contributed by atoms with Crippen molar-refractivity contribution < 1.29 is 14.3 Å². The number of benzene rings is 2. The topological polar surface area (TPSA) is 93.5 Å². The van der Waals surface area contributed by atoms with Crippen molar-refractivity contribution in [3.8, 4) is 11.5 Å². The first-order valence-corrected chi connectivity index (χ1v) is 9.96. The van der Waals surface area contributed by atoms with Gasteiger partial charge in [0.15, 0.2) is 23.9 Å². The molecule has 0 fully saturated rings. The number of hydrogen-bond donors (Lipinski definition) is 2. The fraction of sp³-hybridized carbons (Fsp3) is 0.238. The number of hydrogen-bond acceptors (Lipinski definition) is 6. The van der Waals surface area contributed by atoms with Crippen molar-refractivity contribution in [1.29, 1.82) is 0 Å². The lowest BCUT2D eigenvalue weighted by molar-refractivity contribution is -0.118. The zero-order chi connectivity index (χ0) is 21.3. The quantitative estimate of drug-likeness (QED) is 0.402. The molecule has 0 saturated heterocycles. The summed E-state index contributed by atoms with van der Waals surface area (Å²) in [4.78, 5) is 12.1. The average Bonchev–Trinajstić information content (AvgIpc) is 3.12. The number of carbonyl (C=O) groups is 1. The molecule has 8 nitrogen and oxygen atoms in total. The number of amides is 1. The molecule has 0 aliphatic carbocycles. The SMILES string of the molecule is CCOc1cc(/C=N\n2c(CC)n[nH]c2=S)ccc1OCC(=O)Nc1ccccc1. The fourth-order valence-corrected chi connectivity index (χ4v) is 2.85. The van der Waals surface area contributed by atoms with E-state index >= 15 is 0 Å². The minimum Gasteiger partial charge on any atom is -0.490 e. The second kappa shape index (κ2) is 10.4. The summed E-state index contributed by atoms with van der Waals surface area (Å²) in [5.74, 6) is 1.49. The molecule has 2 aromatic carbocycles. The molecule has 0 unspecified atom stereocenters. The Morgan fingerprint density at radius 2 is 2.00 bits per heavy atom. The van der Waals surface area contributed by atoms with Crippen LogP contribution in [0.3, 0.4) is 0 Å². The van der Waals surface area contributed by atoms with Crippen LogP contribution in [-0.2, 0) is 11.2 Å². The number of aromatic amines is 1. The normalized spacial score (nSPS) is 10.9. The number of H-pyrrole nitrogens is 1. The van der Waals surface area contributed by atoms with Crippen molar-refractivity contribution in [2.24, 2.45) is 5.10 Å². The molecule has 1 amide bonds. The first-order valence-electron chi connectivity index (χ1n) is 9.56. The minimum atomic E-state index is -0.254. The van der Waals surface area contributed by atoms with E-state index in [1.165, 1.54) is 0 Å². The molecule has 1 aromatic heterocycles. The molecule has 0 saturated carbocycles. The third kappa shape index (κ3) is 5.54. The summed E-state index contributed by atoms with van der Waals surface area (Å²) in [6.07, 6.45) is 2.37. The minimum absolute atomic E-state index is 0.132. The number of aryl methyl sites for hydroxylation is 1. The second-order valence-corrected chi connectivity index (χ2v) is 6.58. The third-order valence-electron chi connectivity index (χ3n) is 4.04. The maximum atomic E-state index is 12.1. The zero-order valence-electron chi connectivity index (χ0n) is 16.8. The largest absolute Gasteiger partial charge is 0.490 e. The second-order valence-electron chi connectivity index (χ2n) is 6.20. The number of nitrogens with one attached hydrogen (secondary N) is 2. The Kier molecular flexibility index (Phi) is 7.34. The molecule has 0 radical (unpaired) electrons. The Bertz CT molecular complexity index is 1080. The first-order chi connectivity index (χ1) is 14.6. The van der Waals surface area contributed by atoms with Crippen molar-refractivity contribution in [3.05, 3.63) is 64.7 Å². The molecule has 1 heterocycles. The van der Waals surface area contributed by atoms with E-state index in [9.17, 15) is 4.79 Å². The van der Waals surface area contributed by atoms with Gasteiger partial charge in [0.1, 0.15) is 0 Å². The molecule has 3 rings (SSSR count). The van der Waals surface area contributed by atoms with Crippen molar-refractivity contribution in [2.45, 2.75) is 20.3 Å². The highest BCUT2D eigenvalue weighted by Crippen LogP contribution is 2.28. The molecule has 0 atom stereocenters. The van der Waals surface area contributed by atoms with Gasteiger partial charge in [0, 0.05) is 12.1 Å².